The summed E-state index contributed by atoms with van der Waals surface area (Å²) in [5, 5.41) is 16.0. The highest BCUT2D eigenvalue weighted by Crippen LogP contribution is 2.37. The van der Waals surface area contributed by atoms with E-state index in [0.29, 0.717) is 5.82 Å². The molecule has 2 heterocycles. The molecular formula is C14H17N3O2S. The van der Waals surface area contributed by atoms with Gasteiger partial charge in [-0.25, -0.2) is 4.98 Å². The number of thiophene rings is 1. The summed E-state index contributed by atoms with van der Waals surface area (Å²) in [6.07, 6.45) is 1.27. The predicted octanol–water partition coefficient (Wildman–Crippen LogP) is 4.25. The third kappa shape index (κ3) is 3.33. The summed E-state index contributed by atoms with van der Waals surface area (Å²) >= 11 is 1.69. The van der Waals surface area contributed by atoms with Crippen LogP contribution in [0.25, 0.3) is 0 Å². The Labute approximate surface area is 121 Å². The van der Waals surface area contributed by atoms with Gasteiger partial charge in [-0.05, 0) is 22.9 Å². The quantitative estimate of drug-likeness (QED) is 0.675. The number of nitro groups is 1. The van der Waals surface area contributed by atoms with E-state index in [2.05, 4.69) is 37.1 Å². The van der Waals surface area contributed by atoms with Gasteiger partial charge in [0, 0.05) is 10.9 Å². The van der Waals surface area contributed by atoms with Crippen molar-refractivity contribution in [2.24, 2.45) is 5.41 Å². The fraction of sp³-hybridized carbons (Fsp3) is 0.357. The summed E-state index contributed by atoms with van der Waals surface area (Å²) in [5.41, 5.74) is 0.00730. The van der Waals surface area contributed by atoms with Crippen molar-refractivity contribution in [2.75, 3.05) is 5.32 Å². The minimum atomic E-state index is -0.447. The molecule has 6 heteroatoms. The van der Waals surface area contributed by atoms with Crippen LogP contribution in [-0.2, 0) is 0 Å². The van der Waals surface area contributed by atoms with Crippen molar-refractivity contribution in [1.29, 1.82) is 0 Å². The molecule has 0 saturated heterocycles. The molecule has 2 aromatic heterocycles. The molecule has 0 aromatic carbocycles. The van der Waals surface area contributed by atoms with Gasteiger partial charge in [-0.3, -0.25) is 10.1 Å². The van der Waals surface area contributed by atoms with Crippen LogP contribution in [-0.4, -0.2) is 9.91 Å². The number of anilines is 1. The van der Waals surface area contributed by atoms with Crippen LogP contribution in [0.3, 0.4) is 0 Å². The fourth-order valence-electron chi connectivity index (χ4n) is 1.90. The largest absolute Gasteiger partial charge is 0.362 e. The second kappa shape index (κ2) is 5.58. The van der Waals surface area contributed by atoms with Gasteiger partial charge in [0.05, 0.1) is 11.0 Å². The number of hydrogen-bond acceptors (Lipinski definition) is 5. The van der Waals surface area contributed by atoms with Crippen LogP contribution >= 0.6 is 11.3 Å². The molecule has 0 aliphatic carbocycles. The summed E-state index contributed by atoms with van der Waals surface area (Å²) in [4.78, 5) is 15.5. The minimum Gasteiger partial charge on any atom is -0.362 e. The van der Waals surface area contributed by atoms with Gasteiger partial charge in [-0.15, -0.1) is 11.3 Å². The molecule has 1 unspecified atom stereocenters. The van der Waals surface area contributed by atoms with Crippen molar-refractivity contribution in [3.8, 4) is 0 Å². The van der Waals surface area contributed by atoms with Gasteiger partial charge in [0.25, 0.3) is 5.69 Å². The van der Waals surface area contributed by atoms with Crippen LogP contribution in [0.15, 0.2) is 35.8 Å². The molecular weight excluding hydrogens is 274 g/mol. The van der Waals surface area contributed by atoms with Crippen molar-refractivity contribution < 1.29 is 4.92 Å². The zero-order chi connectivity index (χ0) is 14.8. The van der Waals surface area contributed by atoms with E-state index in [1.54, 1.807) is 17.4 Å². The molecule has 0 spiro atoms. The lowest BCUT2D eigenvalue weighted by Gasteiger charge is -2.31. The fourth-order valence-corrected chi connectivity index (χ4v) is 2.92. The Balaban J connectivity index is 2.22. The summed E-state index contributed by atoms with van der Waals surface area (Å²) in [7, 11) is 0. The molecule has 1 N–H and O–H groups in total. The van der Waals surface area contributed by atoms with Crippen LogP contribution in [0.2, 0.25) is 0 Å². The summed E-state index contributed by atoms with van der Waals surface area (Å²) in [6.45, 7) is 6.45. The SMILES string of the molecule is CC(C)(C)C(Nc1ccc([N+](=O)[O-])cn1)c1cccs1. The smallest absolute Gasteiger partial charge is 0.287 e. The Hall–Kier alpha value is -1.95. The summed E-state index contributed by atoms with van der Waals surface area (Å²) in [6, 6.07) is 7.31. The second-order valence-corrected chi connectivity index (χ2v) is 6.60. The molecule has 2 aromatic rings. The first-order chi connectivity index (χ1) is 9.38. The molecule has 0 fully saturated rings. The van der Waals surface area contributed by atoms with Crippen LogP contribution < -0.4 is 5.32 Å². The van der Waals surface area contributed by atoms with E-state index in [-0.39, 0.29) is 17.1 Å². The predicted molar refractivity (Wildman–Crippen MR) is 81.0 cm³/mol. The topological polar surface area (TPSA) is 68.1 Å². The van der Waals surface area contributed by atoms with Gasteiger partial charge >= 0.3 is 0 Å². The lowest BCUT2D eigenvalue weighted by atomic mass is 9.86. The molecule has 106 valence electrons. The molecule has 0 aliphatic heterocycles. The zero-order valence-electron chi connectivity index (χ0n) is 11.7. The average Bonchev–Trinajstić information content (AvgIpc) is 2.88. The first kappa shape index (κ1) is 14.5. The Morgan fingerprint density at radius 2 is 2.10 bits per heavy atom. The molecule has 0 aliphatic rings. The van der Waals surface area contributed by atoms with Gasteiger partial charge in [-0.2, -0.15) is 0 Å². The highest BCUT2D eigenvalue weighted by atomic mass is 32.1. The van der Waals surface area contributed by atoms with Gasteiger partial charge in [0.2, 0.25) is 0 Å². The van der Waals surface area contributed by atoms with Crippen LogP contribution in [0.4, 0.5) is 11.5 Å². The first-order valence-electron chi connectivity index (χ1n) is 6.28. The van der Waals surface area contributed by atoms with Crippen LogP contribution in [0, 0.1) is 15.5 Å². The summed E-state index contributed by atoms with van der Waals surface area (Å²) < 4.78 is 0. The Bertz CT molecular complexity index is 573. The molecule has 0 radical (unpaired) electrons. The number of rotatable bonds is 4. The van der Waals surface area contributed by atoms with Gasteiger partial charge < -0.3 is 5.32 Å². The average molecular weight is 291 g/mol. The standard InChI is InChI=1S/C14H17N3O2S/c1-14(2,3)13(11-5-4-8-20-11)16-12-7-6-10(9-15-12)17(18)19/h4-9,13H,1-3H3,(H,15,16). The number of pyridine rings is 1. The van der Waals surface area contributed by atoms with E-state index in [9.17, 15) is 10.1 Å². The van der Waals surface area contributed by atoms with Crippen molar-refractivity contribution in [3.05, 3.63) is 50.8 Å². The van der Waals surface area contributed by atoms with E-state index in [1.165, 1.54) is 17.1 Å². The number of hydrogen-bond donors (Lipinski definition) is 1. The maximum absolute atomic E-state index is 10.6. The first-order valence-corrected chi connectivity index (χ1v) is 7.16. The highest BCUT2D eigenvalue weighted by molar-refractivity contribution is 7.10. The van der Waals surface area contributed by atoms with E-state index in [0.717, 1.165) is 0 Å². The number of nitrogens with one attached hydrogen (secondary N) is 1. The molecule has 0 amide bonds. The van der Waals surface area contributed by atoms with Gasteiger partial charge in [0.1, 0.15) is 12.0 Å². The molecule has 0 saturated carbocycles. The third-order valence-electron chi connectivity index (χ3n) is 2.94. The number of aromatic nitrogens is 1. The molecule has 2 rings (SSSR count). The van der Waals surface area contributed by atoms with E-state index < -0.39 is 4.92 Å². The van der Waals surface area contributed by atoms with E-state index in [1.807, 2.05) is 11.4 Å². The Morgan fingerprint density at radius 1 is 1.35 bits per heavy atom. The highest BCUT2D eigenvalue weighted by Gasteiger charge is 2.27. The molecule has 0 bridgehead atoms. The normalized spacial score (nSPS) is 12.9. The lowest BCUT2D eigenvalue weighted by molar-refractivity contribution is -0.385. The molecule has 5 nitrogen and oxygen atoms in total. The molecule has 20 heavy (non-hydrogen) atoms. The van der Waals surface area contributed by atoms with Gasteiger partial charge in [-0.1, -0.05) is 26.8 Å². The minimum absolute atomic E-state index is 0.000942. The maximum atomic E-state index is 10.6. The third-order valence-corrected chi connectivity index (χ3v) is 3.88. The monoisotopic (exact) mass is 291 g/mol. The van der Waals surface area contributed by atoms with Crippen LogP contribution in [0.5, 0.6) is 0 Å². The van der Waals surface area contributed by atoms with Crippen molar-refractivity contribution in [1.82, 2.24) is 4.98 Å². The van der Waals surface area contributed by atoms with E-state index >= 15 is 0 Å². The molecule has 1 atom stereocenters. The zero-order valence-corrected chi connectivity index (χ0v) is 12.5. The van der Waals surface area contributed by atoms with E-state index in [4.69, 9.17) is 0 Å². The van der Waals surface area contributed by atoms with Gasteiger partial charge in [0.15, 0.2) is 0 Å². The maximum Gasteiger partial charge on any atom is 0.287 e. The van der Waals surface area contributed by atoms with Crippen molar-refractivity contribution in [3.63, 3.8) is 0 Å². The summed E-state index contributed by atoms with van der Waals surface area (Å²) in [5.74, 6) is 0.643. The lowest BCUT2D eigenvalue weighted by Crippen LogP contribution is -2.25. The Kier molecular flexibility index (Phi) is 4.04. The van der Waals surface area contributed by atoms with Crippen molar-refractivity contribution >= 4 is 22.8 Å². The van der Waals surface area contributed by atoms with Crippen molar-refractivity contribution in [2.45, 2.75) is 26.8 Å². The Morgan fingerprint density at radius 3 is 2.55 bits per heavy atom. The number of nitrogens with zero attached hydrogens (tertiary/aromatic N) is 2. The second-order valence-electron chi connectivity index (χ2n) is 5.62. The van der Waals surface area contributed by atoms with Crippen LogP contribution in [0.1, 0.15) is 31.7 Å².